The molecule has 0 spiro atoms. The van der Waals surface area contributed by atoms with Crippen molar-refractivity contribution < 1.29 is 18.0 Å². The van der Waals surface area contributed by atoms with E-state index < -0.39 is 11.6 Å². The number of anilines is 1. The molecule has 0 aromatic carbocycles. The summed E-state index contributed by atoms with van der Waals surface area (Å²) in [6.07, 6.45) is 4.39. The summed E-state index contributed by atoms with van der Waals surface area (Å²) in [5.74, 6) is 0.0791. The maximum atomic E-state index is 13.2. The molecule has 1 saturated carbocycles. The fourth-order valence-electron chi connectivity index (χ4n) is 4.51. The van der Waals surface area contributed by atoms with Gasteiger partial charge in [-0.25, -0.2) is 4.98 Å². The van der Waals surface area contributed by atoms with Crippen molar-refractivity contribution in [3.05, 3.63) is 36.9 Å². The lowest BCUT2D eigenvalue weighted by atomic mass is 9.94. The van der Waals surface area contributed by atoms with Crippen molar-refractivity contribution in [3.8, 4) is 11.3 Å². The van der Waals surface area contributed by atoms with Crippen molar-refractivity contribution in [1.29, 1.82) is 0 Å². The van der Waals surface area contributed by atoms with Crippen LogP contribution in [0.5, 0.6) is 0 Å². The van der Waals surface area contributed by atoms with Crippen LogP contribution in [-0.2, 0) is 11.8 Å². The number of amides is 1. The molecule has 3 aromatic heterocycles. The van der Waals surface area contributed by atoms with E-state index in [4.69, 9.17) is 0 Å². The number of pyridine rings is 2. The van der Waals surface area contributed by atoms with E-state index in [2.05, 4.69) is 20.4 Å². The Bertz CT molecular complexity index is 1180. The molecule has 1 saturated heterocycles. The van der Waals surface area contributed by atoms with Gasteiger partial charge in [0.15, 0.2) is 0 Å². The van der Waals surface area contributed by atoms with E-state index in [9.17, 15) is 18.0 Å². The molecule has 10 heteroatoms. The van der Waals surface area contributed by atoms with Crippen LogP contribution < -0.4 is 5.32 Å². The molecule has 5 rings (SSSR count). The first-order valence-corrected chi connectivity index (χ1v) is 11.1. The highest BCUT2D eigenvalue weighted by Gasteiger charge is 2.63. The first-order chi connectivity index (χ1) is 15.7. The van der Waals surface area contributed by atoms with Gasteiger partial charge in [-0.3, -0.25) is 14.5 Å². The highest BCUT2D eigenvalue weighted by atomic mass is 19.4. The zero-order chi connectivity index (χ0) is 23.2. The molecule has 0 bridgehead atoms. The lowest BCUT2D eigenvalue weighted by molar-refractivity contribution is -0.192. The van der Waals surface area contributed by atoms with E-state index >= 15 is 0 Å². The van der Waals surface area contributed by atoms with Gasteiger partial charge in [-0.15, -0.1) is 0 Å². The third-order valence-corrected chi connectivity index (χ3v) is 6.79. The van der Waals surface area contributed by atoms with Gasteiger partial charge in [0.25, 0.3) is 0 Å². The summed E-state index contributed by atoms with van der Waals surface area (Å²) >= 11 is 0. The van der Waals surface area contributed by atoms with Gasteiger partial charge >= 0.3 is 6.18 Å². The molecule has 4 heterocycles. The zero-order valence-corrected chi connectivity index (χ0v) is 18.3. The Morgan fingerprint density at radius 2 is 1.85 bits per heavy atom. The molecular weight excluding hydrogens is 433 g/mol. The number of halogens is 3. The number of nitrogens with zero attached hydrogens (tertiary/aromatic N) is 5. The number of nitrogens with one attached hydrogen (secondary N) is 1. The lowest BCUT2D eigenvalue weighted by Gasteiger charge is -2.34. The van der Waals surface area contributed by atoms with Gasteiger partial charge in [-0.2, -0.15) is 18.3 Å². The van der Waals surface area contributed by atoms with Crippen molar-refractivity contribution in [2.24, 2.45) is 18.4 Å². The smallest absolute Gasteiger partial charge is 0.310 e. The molecule has 1 aliphatic carbocycles. The quantitative estimate of drug-likeness (QED) is 0.625. The van der Waals surface area contributed by atoms with Crippen molar-refractivity contribution in [3.63, 3.8) is 0 Å². The highest BCUT2D eigenvalue weighted by Crippen LogP contribution is 2.58. The van der Waals surface area contributed by atoms with Gasteiger partial charge in [0.2, 0.25) is 5.91 Å². The molecule has 1 N–H and O–H groups in total. The molecule has 174 valence electrons. The van der Waals surface area contributed by atoms with Crippen LogP contribution in [0.1, 0.15) is 25.7 Å². The molecule has 0 radical (unpaired) electrons. The average molecular weight is 458 g/mol. The Hall–Kier alpha value is -3.01. The monoisotopic (exact) mass is 458 g/mol. The maximum absolute atomic E-state index is 13.2. The van der Waals surface area contributed by atoms with E-state index in [1.165, 1.54) is 0 Å². The largest absolute Gasteiger partial charge is 0.395 e. The Balaban J connectivity index is 1.21. The van der Waals surface area contributed by atoms with Gasteiger partial charge in [0.05, 0.1) is 17.3 Å². The number of fused-ring (bicyclic) bond motifs is 1. The zero-order valence-electron chi connectivity index (χ0n) is 18.3. The highest BCUT2D eigenvalue weighted by molar-refractivity contribution is 5.94. The van der Waals surface area contributed by atoms with Crippen LogP contribution in [0.25, 0.3) is 22.0 Å². The average Bonchev–Trinajstić information content (AvgIpc) is 3.45. The topological polar surface area (TPSA) is 75.9 Å². The number of likely N-dealkylation sites (tertiary alicyclic amines) is 1. The molecule has 1 aliphatic heterocycles. The fourth-order valence-corrected chi connectivity index (χ4v) is 4.51. The number of carbonyl (C=O) groups excluding carboxylic acids is 1. The summed E-state index contributed by atoms with van der Waals surface area (Å²) in [4.78, 5) is 23.4. The Kier molecular flexibility index (Phi) is 5.35. The van der Waals surface area contributed by atoms with Crippen LogP contribution in [0, 0.1) is 11.3 Å². The van der Waals surface area contributed by atoms with E-state index in [0.29, 0.717) is 31.7 Å². The Morgan fingerprint density at radius 1 is 1.12 bits per heavy atom. The number of hydrogen-bond donors (Lipinski definition) is 1. The van der Waals surface area contributed by atoms with Gasteiger partial charge in [0, 0.05) is 49.1 Å². The minimum Gasteiger partial charge on any atom is -0.310 e. The standard InChI is InChI=1S/C23H25F3N6O/c1-31-13-18(12-29-31)19-8-16-9-20(28-11-17(16)10-27-19)30-21(33)15-2-6-32(7-3-15)14-22(4-5-22)23(24,25)26/h8-13,15H,2-7,14H2,1H3,(H,28,30,33). The Morgan fingerprint density at radius 3 is 2.48 bits per heavy atom. The van der Waals surface area contributed by atoms with Crippen LogP contribution in [-0.4, -0.2) is 56.4 Å². The number of alkyl halides is 3. The number of hydrogen-bond acceptors (Lipinski definition) is 5. The lowest BCUT2D eigenvalue weighted by Crippen LogP contribution is -2.44. The second-order valence-electron chi connectivity index (χ2n) is 9.21. The fraction of sp³-hybridized carbons (Fsp3) is 0.478. The normalized spacial score (nSPS) is 19.0. The van der Waals surface area contributed by atoms with Crippen LogP contribution in [0.15, 0.2) is 36.9 Å². The van der Waals surface area contributed by atoms with Gasteiger partial charge in [-0.05, 0) is 56.3 Å². The summed E-state index contributed by atoms with van der Waals surface area (Å²) < 4.78 is 41.4. The molecule has 33 heavy (non-hydrogen) atoms. The summed E-state index contributed by atoms with van der Waals surface area (Å²) in [6, 6.07) is 3.74. The third kappa shape index (κ3) is 4.44. The number of aryl methyl sites for hydroxylation is 1. The van der Waals surface area contributed by atoms with Crippen molar-refractivity contribution in [2.45, 2.75) is 31.9 Å². The van der Waals surface area contributed by atoms with Crippen LogP contribution in [0.2, 0.25) is 0 Å². The predicted octanol–water partition coefficient (Wildman–Crippen LogP) is 4.02. The summed E-state index contributed by atoms with van der Waals surface area (Å²) in [5.41, 5.74) is 0.145. The number of rotatable bonds is 5. The summed E-state index contributed by atoms with van der Waals surface area (Å²) in [5, 5.41) is 8.80. The minimum absolute atomic E-state index is 0.0460. The molecule has 2 aliphatic rings. The van der Waals surface area contributed by atoms with E-state index in [-0.39, 0.29) is 31.2 Å². The van der Waals surface area contributed by atoms with Crippen molar-refractivity contribution in [1.82, 2.24) is 24.6 Å². The minimum atomic E-state index is -4.14. The van der Waals surface area contributed by atoms with Gasteiger partial charge < -0.3 is 10.2 Å². The number of piperidine rings is 1. The molecule has 1 amide bonds. The van der Waals surface area contributed by atoms with Crippen LogP contribution >= 0.6 is 0 Å². The van der Waals surface area contributed by atoms with E-state index in [0.717, 1.165) is 22.0 Å². The number of aromatic nitrogens is 4. The van der Waals surface area contributed by atoms with Crippen LogP contribution in [0.4, 0.5) is 19.0 Å². The third-order valence-electron chi connectivity index (χ3n) is 6.79. The predicted molar refractivity (Wildman–Crippen MR) is 117 cm³/mol. The maximum Gasteiger partial charge on any atom is 0.395 e. The van der Waals surface area contributed by atoms with Gasteiger partial charge in [0.1, 0.15) is 5.82 Å². The summed E-state index contributed by atoms with van der Waals surface area (Å²) in [7, 11) is 1.84. The van der Waals surface area contributed by atoms with Crippen LogP contribution in [0.3, 0.4) is 0 Å². The second-order valence-corrected chi connectivity index (χ2v) is 9.21. The van der Waals surface area contributed by atoms with E-state index in [1.54, 1.807) is 23.3 Å². The first kappa shape index (κ1) is 21.8. The summed E-state index contributed by atoms with van der Waals surface area (Å²) in [6.45, 7) is 1.05. The van der Waals surface area contributed by atoms with Crippen molar-refractivity contribution in [2.75, 3.05) is 25.0 Å². The molecule has 2 fully saturated rings. The number of carbonyl (C=O) groups is 1. The Labute approximate surface area is 189 Å². The molecule has 3 aromatic rings. The first-order valence-electron chi connectivity index (χ1n) is 11.1. The van der Waals surface area contributed by atoms with Crippen molar-refractivity contribution >= 4 is 22.5 Å². The molecule has 0 atom stereocenters. The SMILES string of the molecule is Cn1cc(-c2cc3cc(NC(=O)C4CCN(CC5(C(F)(F)F)CC5)CC4)ncc3cn2)cn1. The second kappa shape index (κ2) is 8.09. The van der Waals surface area contributed by atoms with E-state index in [1.807, 2.05) is 30.3 Å². The molecule has 0 unspecified atom stereocenters. The molecule has 7 nitrogen and oxygen atoms in total. The molecular formula is C23H25F3N6O. The van der Waals surface area contributed by atoms with Gasteiger partial charge in [-0.1, -0.05) is 0 Å².